The van der Waals surface area contributed by atoms with Crippen LogP contribution in [-0.4, -0.2) is 44.3 Å². The first-order valence-electron chi connectivity index (χ1n) is 7.98. The molecule has 9 nitrogen and oxygen atoms in total. The van der Waals surface area contributed by atoms with Crippen LogP contribution < -0.4 is 20.1 Å². The predicted octanol–water partition coefficient (Wildman–Crippen LogP) is 1.39. The van der Waals surface area contributed by atoms with Crippen LogP contribution in [0.3, 0.4) is 0 Å². The maximum Gasteiger partial charge on any atom is 0.331 e. The zero-order chi connectivity index (χ0) is 20.2. The quantitative estimate of drug-likeness (QED) is 0.519. The van der Waals surface area contributed by atoms with E-state index in [0.717, 1.165) is 6.08 Å². The number of hydrogen-bond acceptors (Lipinski definition) is 7. The summed E-state index contributed by atoms with van der Waals surface area (Å²) in [6.07, 6.45) is 2.59. The number of nitrogens with zero attached hydrogens (tertiary/aromatic N) is 1. The van der Waals surface area contributed by atoms with Gasteiger partial charge < -0.3 is 19.5 Å². The molecular weight excluding hydrogens is 354 g/mol. The summed E-state index contributed by atoms with van der Waals surface area (Å²) in [6, 6.07) is 5.93. The van der Waals surface area contributed by atoms with Gasteiger partial charge in [0.15, 0.2) is 24.7 Å². The molecule has 0 aliphatic rings. The van der Waals surface area contributed by atoms with Crippen molar-refractivity contribution >= 4 is 24.0 Å². The molecule has 0 aliphatic heterocycles. The fourth-order valence-electron chi connectivity index (χ4n) is 1.83. The third kappa shape index (κ3) is 8.40. The highest BCUT2D eigenvalue weighted by Gasteiger charge is 2.10. The van der Waals surface area contributed by atoms with E-state index in [9.17, 15) is 14.4 Å². The van der Waals surface area contributed by atoms with E-state index < -0.39 is 24.5 Å². The fourth-order valence-corrected chi connectivity index (χ4v) is 1.83. The van der Waals surface area contributed by atoms with Gasteiger partial charge in [0.05, 0.1) is 7.11 Å². The number of hydrogen-bond donors (Lipinski definition) is 2. The molecule has 0 aliphatic carbocycles. The van der Waals surface area contributed by atoms with Crippen molar-refractivity contribution in [2.24, 2.45) is 0 Å². The van der Waals surface area contributed by atoms with Gasteiger partial charge in [-0.25, -0.2) is 9.59 Å². The van der Waals surface area contributed by atoms with Gasteiger partial charge in [-0.2, -0.15) is 5.26 Å². The minimum absolute atomic E-state index is 0.116. The van der Waals surface area contributed by atoms with Crippen LogP contribution in [0.25, 0.3) is 6.08 Å². The molecule has 1 rings (SSSR count). The molecule has 1 aromatic carbocycles. The minimum atomic E-state index is -0.752. The summed E-state index contributed by atoms with van der Waals surface area (Å²) in [5.74, 6) is -0.694. The van der Waals surface area contributed by atoms with Crippen LogP contribution in [-0.2, 0) is 14.3 Å². The standard InChI is InChI=1S/C18H21N3O6/c1-12(2)20-18(24)21-16(22)11-27-17(23)7-5-13-4-6-14(26-9-8-19)15(10-13)25-3/h4-7,10,12H,9,11H2,1-3H3,(H2,20,21,22,24). The Morgan fingerprint density at radius 3 is 2.63 bits per heavy atom. The molecule has 0 spiro atoms. The molecule has 2 N–H and O–H groups in total. The topological polar surface area (TPSA) is 127 Å². The molecule has 0 saturated carbocycles. The predicted molar refractivity (Wildman–Crippen MR) is 95.9 cm³/mol. The van der Waals surface area contributed by atoms with Crippen molar-refractivity contribution < 1.29 is 28.6 Å². The second kappa shape index (κ2) is 11.1. The first kappa shape index (κ1) is 21.5. The molecule has 27 heavy (non-hydrogen) atoms. The Hall–Kier alpha value is -3.54. The Morgan fingerprint density at radius 1 is 1.26 bits per heavy atom. The highest BCUT2D eigenvalue weighted by Crippen LogP contribution is 2.28. The molecule has 144 valence electrons. The van der Waals surface area contributed by atoms with Crippen LogP contribution in [0, 0.1) is 11.3 Å². The molecule has 0 bridgehead atoms. The smallest absolute Gasteiger partial charge is 0.331 e. The van der Waals surface area contributed by atoms with Crippen molar-refractivity contribution in [2.45, 2.75) is 19.9 Å². The van der Waals surface area contributed by atoms with E-state index in [1.54, 1.807) is 32.0 Å². The maximum absolute atomic E-state index is 11.7. The molecule has 1 aromatic rings. The average Bonchev–Trinajstić information content (AvgIpc) is 2.62. The van der Waals surface area contributed by atoms with Crippen molar-refractivity contribution in [3.8, 4) is 17.6 Å². The third-order valence-electron chi connectivity index (χ3n) is 2.91. The number of imide groups is 1. The summed E-state index contributed by atoms with van der Waals surface area (Å²) in [4.78, 5) is 34.5. The van der Waals surface area contributed by atoms with E-state index >= 15 is 0 Å². The number of nitrogens with one attached hydrogen (secondary N) is 2. The van der Waals surface area contributed by atoms with Gasteiger partial charge in [-0.05, 0) is 37.6 Å². The Labute approximate surface area is 156 Å². The van der Waals surface area contributed by atoms with Gasteiger partial charge in [-0.3, -0.25) is 10.1 Å². The van der Waals surface area contributed by atoms with Gasteiger partial charge in [-0.1, -0.05) is 6.07 Å². The Balaban J connectivity index is 2.54. The monoisotopic (exact) mass is 375 g/mol. The second-order valence-electron chi connectivity index (χ2n) is 5.47. The second-order valence-corrected chi connectivity index (χ2v) is 5.47. The van der Waals surface area contributed by atoms with Crippen LogP contribution >= 0.6 is 0 Å². The summed E-state index contributed by atoms with van der Waals surface area (Å²) in [7, 11) is 1.45. The van der Waals surface area contributed by atoms with Crippen LogP contribution in [0.15, 0.2) is 24.3 Å². The molecule has 0 saturated heterocycles. The zero-order valence-electron chi connectivity index (χ0n) is 15.3. The van der Waals surface area contributed by atoms with Crippen LogP contribution in [0.4, 0.5) is 4.79 Å². The van der Waals surface area contributed by atoms with Gasteiger partial charge >= 0.3 is 12.0 Å². The minimum Gasteiger partial charge on any atom is -0.493 e. The summed E-state index contributed by atoms with van der Waals surface area (Å²) in [6.45, 7) is 2.78. The van der Waals surface area contributed by atoms with E-state index in [0.29, 0.717) is 17.1 Å². The Morgan fingerprint density at radius 2 is 2.00 bits per heavy atom. The highest BCUT2D eigenvalue weighted by atomic mass is 16.5. The number of carbonyl (C=O) groups is 3. The van der Waals surface area contributed by atoms with Gasteiger partial charge in [0, 0.05) is 12.1 Å². The Kier molecular flexibility index (Phi) is 8.88. The number of nitriles is 1. The average molecular weight is 375 g/mol. The number of urea groups is 1. The molecule has 0 atom stereocenters. The van der Waals surface area contributed by atoms with Gasteiger partial charge in [-0.15, -0.1) is 0 Å². The van der Waals surface area contributed by atoms with Crippen molar-refractivity contribution in [1.82, 2.24) is 10.6 Å². The van der Waals surface area contributed by atoms with Gasteiger partial charge in [0.2, 0.25) is 0 Å². The number of benzene rings is 1. The number of esters is 1. The van der Waals surface area contributed by atoms with E-state index in [-0.39, 0.29) is 12.6 Å². The van der Waals surface area contributed by atoms with Crippen LogP contribution in [0.2, 0.25) is 0 Å². The normalized spacial score (nSPS) is 10.2. The van der Waals surface area contributed by atoms with Gasteiger partial charge in [0.25, 0.3) is 5.91 Å². The molecule has 3 amide bonds. The molecule has 0 heterocycles. The summed E-state index contributed by atoms with van der Waals surface area (Å²) >= 11 is 0. The first-order valence-corrected chi connectivity index (χ1v) is 7.98. The molecular formula is C18H21N3O6. The lowest BCUT2D eigenvalue weighted by Gasteiger charge is -2.09. The lowest BCUT2D eigenvalue weighted by molar-refractivity contribution is -0.143. The number of ether oxygens (including phenoxy) is 3. The molecule has 0 unspecified atom stereocenters. The number of amides is 3. The van der Waals surface area contributed by atoms with Crippen molar-refractivity contribution in [3.63, 3.8) is 0 Å². The SMILES string of the molecule is COc1cc(C=CC(=O)OCC(=O)NC(=O)NC(C)C)ccc1OCC#N. The molecule has 0 aromatic heterocycles. The molecule has 0 fully saturated rings. The van der Waals surface area contributed by atoms with Crippen LogP contribution in [0.1, 0.15) is 19.4 Å². The fraction of sp³-hybridized carbons (Fsp3) is 0.333. The third-order valence-corrected chi connectivity index (χ3v) is 2.91. The number of carbonyl (C=O) groups excluding carboxylic acids is 3. The van der Waals surface area contributed by atoms with E-state index in [1.165, 1.54) is 13.2 Å². The van der Waals surface area contributed by atoms with Crippen LogP contribution in [0.5, 0.6) is 11.5 Å². The maximum atomic E-state index is 11.7. The Bertz CT molecular complexity index is 752. The van der Waals surface area contributed by atoms with E-state index in [2.05, 4.69) is 5.32 Å². The van der Waals surface area contributed by atoms with Crippen molar-refractivity contribution in [3.05, 3.63) is 29.8 Å². The number of rotatable bonds is 8. The van der Waals surface area contributed by atoms with E-state index in [1.807, 2.05) is 11.4 Å². The zero-order valence-corrected chi connectivity index (χ0v) is 15.3. The number of methoxy groups -OCH3 is 1. The summed E-state index contributed by atoms with van der Waals surface area (Å²) < 4.78 is 15.1. The molecule has 9 heteroatoms. The largest absolute Gasteiger partial charge is 0.493 e. The summed E-state index contributed by atoms with van der Waals surface area (Å²) in [5, 5.41) is 13.0. The first-order chi connectivity index (χ1) is 12.8. The van der Waals surface area contributed by atoms with Crippen molar-refractivity contribution in [1.29, 1.82) is 5.26 Å². The van der Waals surface area contributed by atoms with Crippen molar-refractivity contribution in [2.75, 3.05) is 20.3 Å². The lowest BCUT2D eigenvalue weighted by Crippen LogP contribution is -2.43. The van der Waals surface area contributed by atoms with E-state index in [4.69, 9.17) is 19.5 Å². The lowest BCUT2D eigenvalue weighted by atomic mass is 10.2. The summed E-state index contributed by atoms with van der Waals surface area (Å²) in [5.41, 5.74) is 0.619. The highest BCUT2D eigenvalue weighted by molar-refractivity contribution is 5.96. The van der Waals surface area contributed by atoms with Gasteiger partial charge in [0.1, 0.15) is 6.07 Å². The molecule has 0 radical (unpaired) electrons.